The number of benzene rings is 1. The van der Waals surface area contributed by atoms with Gasteiger partial charge in [-0.15, -0.1) is 0 Å². The van der Waals surface area contributed by atoms with Crippen LogP contribution in [0, 0.1) is 15.9 Å². The largest absolute Gasteiger partial charge is 0.361 e. The van der Waals surface area contributed by atoms with Gasteiger partial charge in [0.15, 0.2) is 0 Å². The molecule has 4 rings (SSSR count). The molecule has 1 fully saturated rings. The van der Waals surface area contributed by atoms with Gasteiger partial charge in [0.05, 0.1) is 10.4 Å². The number of halogens is 1. The Morgan fingerprint density at radius 1 is 1.13 bits per heavy atom. The number of piperazine rings is 1. The molecule has 3 heterocycles. The van der Waals surface area contributed by atoms with Gasteiger partial charge >= 0.3 is 11.2 Å². The molecule has 0 aliphatic carbocycles. The van der Waals surface area contributed by atoms with Crippen molar-refractivity contribution in [2.24, 2.45) is 7.05 Å². The number of rotatable bonds is 4. The lowest BCUT2D eigenvalue weighted by molar-refractivity contribution is -0.385. The second kappa shape index (κ2) is 7.83. The molecule has 0 radical (unpaired) electrons. The monoisotopic (exact) mass is 411 g/mol. The van der Waals surface area contributed by atoms with Crippen LogP contribution < -0.4 is 10.5 Å². The zero-order chi connectivity index (χ0) is 21.4. The predicted octanol–water partition coefficient (Wildman–Crippen LogP) is 2.86. The predicted molar refractivity (Wildman–Crippen MR) is 112 cm³/mol. The fraction of sp³-hybridized carbons (Fsp3) is 0.333. The quantitative estimate of drug-likeness (QED) is 0.485. The van der Waals surface area contributed by atoms with Gasteiger partial charge in [0.1, 0.15) is 17.0 Å². The Kier molecular flexibility index (Phi) is 5.21. The Morgan fingerprint density at radius 2 is 1.80 bits per heavy atom. The van der Waals surface area contributed by atoms with Gasteiger partial charge in [0.2, 0.25) is 0 Å². The number of aromatic nitrogens is 2. The standard InChI is InChI=1S/C21H22FN5O3/c1-14(15-5-7-16(22)8-6-15)25-10-12-26(13-11-25)19-18-17(4-3-9-23-18)24(2)21(28)20(19)27(29)30/h3-9,14H,10-13H2,1-2H3. The molecule has 1 atom stereocenters. The van der Waals surface area contributed by atoms with E-state index in [0.717, 1.165) is 5.56 Å². The summed E-state index contributed by atoms with van der Waals surface area (Å²) in [6.07, 6.45) is 1.58. The van der Waals surface area contributed by atoms with E-state index in [1.54, 1.807) is 30.5 Å². The Bertz CT molecular complexity index is 1150. The average molecular weight is 411 g/mol. The lowest BCUT2D eigenvalue weighted by Crippen LogP contribution is -2.47. The first kappa shape index (κ1) is 20.0. The topological polar surface area (TPSA) is 84.5 Å². The number of nitrogens with zero attached hydrogens (tertiary/aromatic N) is 5. The second-order valence-electron chi connectivity index (χ2n) is 7.44. The van der Waals surface area contributed by atoms with E-state index in [1.165, 1.54) is 23.7 Å². The van der Waals surface area contributed by atoms with Crippen LogP contribution in [0.2, 0.25) is 0 Å². The third kappa shape index (κ3) is 3.41. The van der Waals surface area contributed by atoms with Crippen molar-refractivity contribution in [1.29, 1.82) is 0 Å². The minimum absolute atomic E-state index is 0.0845. The van der Waals surface area contributed by atoms with Crippen LogP contribution in [0.5, 0.6) is 0 Å². The molecule has 156 valence electrons. The molecular weight excluding hydrogens is 389 g/mol. The van der Waals surface area contributed by atoms with Gasteiger partial charge in [-0.3, -0.25) is 24.8 Å². The maximum atomic E-state index is 13.2. The maximum absolute atomic E-state index is 13.2. The van der Waals surface area contributed by atoms with Crippen molar-refractivity contribution in [2.45, 2.75) is 13.0 Å². The van der Waals surface area contributed by atoms with E-state index in [0.29, 0.717) is 37.2 Å². The summed E-state index contributed by atoms with van der Waals surface area (Å²) in [7, 11) is 1.52. The van der Waals surface area contributed by atoms with Crippen LogP contribution in [0.15, 0.2) is 47.4 Å². The van der Waals surface area contributed by atoms with Crippen LogP contribution in [-0.4, -0.2) is 45.6 Å². The van der Waals surface area contributed by atoms with E-state index in [2.05, 4.69) is 16.8 Å². The first-order chi connectivity index (χ1) is 14.4. The smallest absolute Gasteiger partial charge is 0.359 e. The van der Waals surface area contributed by atoms with E-state index in [9.17, 15) is 19.3 Å². The summed E-state index contributed by atoms with van der Waals surface area (Å²) >= 11 is 0. The number of hydrogen-bond acceptors (Lipinski definition) is 6. The SMILES string of the molecule is CC(c1ccc(F)cc1)N1CCN(c2c([N+](=O)[O-])c(=O)n(C)c3cccnc23)CC1. The molecule has 1 aromatic carbocycles. The van der Waals surface area contributed by atoms with Crippen LogP contribution in [0.25, 0.3) is 11.0 Å². The summed E-state index contributed by atoms with van der Waals surface area (Å²) in [6.45, 7) is 4.40. The van der Waals surface area contributed by atoms with Crippen molar-refractivity contribution < 1.29 is 9.31 Å². The minimum Gasteiger partial charge on any atom is -0.361 e. The molecule has 1 aliphatic heterocycles. The normalized spacial score (nSPS) is 16.0. The third-order valence-electron chi connectivity index (χ3n) is 5.82. The minimum atomic E-state index is -0.641. The highest BCUT2D eigenvalue weighted by atomic mass is 19.1. The molecular formula is C21H22FN5O3. The van der Waals surface area contributed by atoms with E-state index in [-0.39, 0.29) is 17.5 Å². The highest BCUT2D eigenvalue weighted by Crippen LogP contribution is 2.33. The number of aryl methyl sites for hydroxylation is 1. The fourth-order valence-corrected chi connectivity index (χ4v) is 4.08. The first-order valence-electron chi connectivity index (χ1n) is 9.75. The van der Waals surface area contributed by atoms with Crippen LogP contribution in [0.3, 0.4) is 0 Å². The van der Waals surface area contributed by atoms with Gasteiger partial charge in [0.25, 0.3) is 0 Å². The molecule has 2 aromatic heterocycles. The van der Waals surface area contributed by atoms with Crippen molar-refractivity contribution in [3.8, 4) is 0 Å². The Balaban J connectivity index is 1.66. The van der Waals surface area contributed by atoms with Gasteiger partial charge in [-0.05, 0) is 36.8 Å². The molecule has 30 heavy (non-hydrogen) atoms. The van der Waals surface area contributed by atoms with Crippen LogP contribution in [-0.2, 0) is 7.05 Å². The van der Waals surface area contributed by atoms with Crippen LogP contribution in [0.1, 0.15) is 18.5 Å². The lowest BCUT2D eigenvalue weighted by atomic mass is 10.1. The van der Waals surface area contributed by atoms with Gasteiger partial charge in [-0.2, -0.15) is 0 Å². The second-order valence-corrected chi connectivity index (χ2v) is 7.44. The van der Waals surface area contributed by atoms with Gasteiger partial charge < -0.3 is 9.47 Å². The van der Waals surface area contributed by atoms with Gasteiger partial charge in [0, 0.05) is 45.5 Å². The zero-order valence-electron chi connectivity index (χ0n) is 16.8. The maximum Gasteiger partial charge on any atom is 0.359 e. The molecule has 0 N–H and O–H groups in total. The molecule has 3 aromatic rings. The van der Waals surface area contributed by atoms with Gasteiger partial charge in [-0.25, -0.2) is 4.39 Å². The summed E-state index contributed by atoms with van der Waals surface area (Å²) in [5.41, 5.74) is 1.22. The van der Waals surface area contributed by atoms with Crippen molar-refractivity contribution in [2.75, 3.05) is 31.1 Å². The number of anilines is 1. The van der Waals surface area contributed by atoms with Crippen LogP contribution in [0.4, 0.5) is 15.8 Å². The zero-order valence-corrected chi connectivity index (χ0v) is 16.8. The number of fused-ring (bicyclic) bond motifs is 1. The first-order valence-corrected chi connectivity index (χ1v) is 9.75. The molecule has 0 saturated carbocycles. The summed E-state index contributed by atoms with van der Waals surface area (Å²) in [5.74, 6) is -0.270. The Morgan fingerprint density at radius 3 is 2.43 bits per heavy atom. The molecule has 1 saturated heterocycles. The van der Waals surface area contributed by atoms with E-state index < -0.39 is 16.2 Å². The van der Waals surface area contributed by atoms with E-state index in [1.807, 2.05) is 4.90 Å². The molecule has 0 spiro atoms. The number of hydrogen-bond donors (Lipinski definition) is 0. The lowest BCUT2D eigenvalue weighted by Gasteiger charge is -2.39. The van der Waals surface area contributed by atoms with E-state index >= 15 is 0 Å². The average Bonchev–Trinajstić information content (AvgIpc) is 2.76. The Hall–Kier alpha value is -3.33. The molecule has 1 aliphatic rings. The van der Waals surface area contributed by atoms with Crippen molar-refractivity contribution in [3.05, 3.63) is 74.4 Å². The molecule has 0 bridgehead atoms. The summed E-state index contributed by atoms with van der Waals surface area (Å²) in [6, 6.07) is 9.97. The van der Waals surface area contributed by atoms with Crippen molar-refractivity contribution in [1.82, 2.24) is 14.5 Å². The highest BCUT2D eigenvalue weighted by molar-refractivity contribution is 5.93. The highest BCUT2D eigenvalue weighted by Gasteiger charge is 2.32. The van der Waals surface area contributed by atoms with Crippen LogP contribution >= 0.6 is 0 Å². The third-order valence-corrected chi connectivity index (χ3v) is 5.82. The Labute approximate surface area is 172 Å². The number of nitro groups is 1. The summed E-state index contributed by atoms with van der Waals surface area (Å²) in [5, 5.41) is 11.8. The van der Waals surface area contributed by atoms with Crippen molar-refractivity contribution >= 4 is 22.4 Å². The van der Waals surface area contributed by atoms with Gasteiger partial charge in [-0.1, -0.05) is 12.1 Å². The van der Waals surface area contributed by atoms with E-state index in [4.69, 9.17) is 0 Å². The molecule has 1 unspecified atom stereocenters. The molecule has 8 nitrogen and oxygen atoms in total. The fourth-order valence-electron chi connectivity index (χ4n) is 4.08. The molecule has 9 heteroatoms. The summed E-state index contributed by atoms with van der Waals surface area (Å²) in [4.78, 5) is 32.3. The summed E-state index contributed by atoms with van der Waals surface area (Å²) < 4.78 is 14.5. The molecule has 0 amide bonds. The number of pyridine rings is 2. The van der Waals surface area contributed by atoms with Crippen molar-refractivity contribution in [3.63, 3.8) is 0 Å².